The SMILES string of the molecule is Cc1cc(Nc2ccnc(Nc3ccc(C(=O)N4CCC(C(O)c5ccncc5F)CC4)cc3)n2)ccc1F. The van der Waals surface area contributed by atoms with Crippen molar-refractivity contribution in [2.75, 3.05) is 23.7 Å². The number of carbonyl (C=O) groups is 1. The molecule has 0 radical (unpaired) electrons. The highest BCUT2D eigenvalue weighted by molar-refractivity contribution is 5.94. The molecule has 3 N–H and O–H groups in total. The molecule has 1 amide bonds. The Morgan fingerprint density at radius 2 is 1.72 bits per heavy atom. The molecule has 1 aliphatic rings. The molecule has 10 heteroatoms. The molecule has 0 saturated carbocycles. The van der Waals surface area contributed by atoms with Crippen LogP contribution in [0, 0.1) is 24.5 Å². The third kappa shape index (κ3) is 6.18. The van der Waals surface area contributed by atoms with Gasteiger partial charge in [-0.05, 0) is 85.8 Å². The summed E-state index contributed by atoms with van der Waals surface area (Å²) >= 11 is 0. The number of hydrogen-bond acceptors (Lipinski definition) is 7. The second kappa shape index (κ2) is 11.5. The van der Waals surface area contributed by atoms with E-state index in [1.165, 1.54) is 18.3 Å². The number of nitrogens with zero attached hydrogens (tertiary/aromatic N) is 4. The summed E-state index contributed by atoms with van der Waals surface area (Å²) in [4.78, 5) is 27.2. The van der Waals surface area contributed by atoms with Crippen LogP contribution in [-0.2, 0) is 0 Å². The van der Waals surface area contributed by atoms with Crippen molar-refractivity contribution in [3.05, 3.63) is 102 Å². The summed E-state index contributed by atoms with van der Waals surface area (Å²) in [5, 5.41) is 16.9. The maximum atomic E-state index is 14.0. The highest BCUT2D eigenvalue weighted by atomic mass is 19.1. The lowest BCUT2D eigenvalue weighted by Gasteiger charge is -2.34. The summed E-state index contributed by atoms with van der Waals surface area (Å²) in [5.74, 6) is -0.104. The average Bonchev–Trinajstić information content (AvgIpc) is 2.95. The Balaban J connectivity index is 1.17. The van der Waals surface area contributed by atoms with Crippen molar-refractivity contribution in [3.63, 3.8) is 0 Å². The minimum Gasteiger partial charge on any atom is -0.388 e. The number of likely N-dealkylation sites (tertiary alicyclic amines) is 1. The summed E-state index contributed by atoms with van der Waals surface area (Å²) in [6.45, 7) is 2.66. The summed E-state index contributed by atoms with van der Waals surface area (Å²) < 4.78 is 27.5. The molecule has 3 heterocycles. The molecule has 2 aromatic heterocycles. The van der Waals surface area contributed by atoms with Gasteiger partial charge in [0.25, 0.3) is 5.91 Å². The Morgan fingerprint density at radius 1 is 0.974 bits per heavy atom. The van der Waals surface area contributed by atoms with Gasteiger partial charge in [-0.15, -0.1) is 0 Å². The lowest BCUT2D eigenvalue weighted by molar-refractivity contribution is 0.0449. The minimum atomic E-state index is -0.925. The van der Waals surface area contributed by atoms with Gasteiger partial charge in [-0.3, -0.25) is 9.78 Å². The minimum absolute atomic E-state index is 0.0957. The number of hydrogen-bond donors (Lipinski definition) is 3. The fourth-order valence-electron chi connectivity index (χ4n) is 4.66. The normalized spacial score (nSPS) is 14.6. The Bertz CT molecular complexity index is 1460. The molecule has 39 heavy (non-hydrogen) atoms. The maximum Gasteiger partial charge on any atom is 0.253 e. The fourth-order valence-corrected chi connectivity index (χ4v) is 4.66. The molecule has 0 spiro atoms. The number of rotatable bonds is 7. The number of pyridine rings is 1. The highest BCUT2D eigenvalue weighted by Gasteiger charge is 2.30. The van der Waals surface area contributed by atoms with Crippen molar-refractivity contribution in [2.24, 2.45) is 5.92 Å². The first-order valence-corrected chi connectivity index (χ1v) is 12.7. The van der Waals surface area contributed by atoms with E-state index in [9.17, 15) is 18.7 Å². The van der Waals surface area contributed by atoms with Crippen LogP contribution in [0.5, 0.6) is 0 Å². The van der Waals surface area contributed by atoms with Crippen molar-refractivity contribution in [1.29, 1.82) is 0 Å². The van der Waals surface area contributed by atoms with Crippen molar-refractivity contribution in [2.45, 2.75) is 25.9 Å². The molecule has 1 atom stereocenters. The van der Waals surface area contributed by atoms with E-state index in [0.29, 0.717) is 60.2 Å². The van der Waals surface area contributed by atoms with Gasteiger partial charge < -0.3 is 20.6 Å². The molecule has 1 fully saturated rings. The fraction of sp³-hybridized carbons (Fsp3) is 0.241. The quantitative estimate of drug-likeness (QED) is 0.289. The number of anilines is 4. The number of carbonyl (C=O) groups excluding carboxylic acids is 1. The number of amides is 1. The van der Waals surface area contributed by atoms with Gasteiger partial charge in [0.1, 0.15) is 17.5 Å². The highest BCUT2D eigenvalue weighted by Crippen LogP contribution is 2.32. The molecular formula is C29H28F2N6O2. The Labute approximate surface area is 224 Å². The lowest BCUT2D eigenvalue weighted by atomic mass is 9.87. The number of benzene rings is 2. The zero-order valence-electron chi connectivity index (χ0n) is 21.3. The van der Waals surface area contributed by atoms with Crippen LogP contribution in [0.4, 0.5) is 31.9 Å². The number of halogens is 2. The van der Waals surface area contributed by atoms with Gasteiger partial charge in [-0.1, -0.05) is 0 Å². The van der Waals surface area contributed by atoms with Crippen LogP contribution in [-0.4, -0.2) is 44.0 Å². The van der Waals surface area contributed by atoms with Crippen LogP contribution < -0.4 is 10.6 Å². The molecule has 0 bridgehead atoms. The number of aliphatic hydroxyl groups is 1. The topological polar surface area (TPSA) is 103 Å². The molecule has 8 nitrogen and oxygen atoms in total. The van der Waals surface area contributed by atoms with Crippen molar-refractivity contribution < 1.29 is 18.7 Å². The van der Waals surface area contributed by atoms with Crippen molar-refractivity contribution in [3.8, 4) is 0 Å². The number of aromatic nitrogens is 3. The first-order chi connectivity index (χ1) is 18.9. The van der Waals surface area contributed by atoms with Crippen molar-refractivity contribution >= 4 is 29.0 Å². The second-order valence-electron chi connectivity index (χ2n) is 9.53. The molecule has 1 unspecified atom stereocenters. The molecule has 5 rings (SSSR count). The smallest absolute Gasteiger partial charge is 0.253 e. The van der Waals surface area contributed by atoms with E-state index >= 15 is 0 Å². The van der Waals surface area contributed by atoms with Crippen LogP contribution in [0.3, 0.4) is 0 Å². The van der Waals surface area contributed by atoms with Crippen LogP contribution in [0.1, 0.15) is 40.4 Å². The lowest BCUT2D eigenvalue weighted by Crippen LogP contribution is -2.39. The van der Waals surface area contributed by atoms with Gasteiger partial charge in [-0.2, -0.15) is 4.98 Å². The first-order valence-electron chi connectivity index (χ1n) is 12.7. The number of nitrogens with one attached hydrogen (secondary N) is 2. The molecule has 2 aromatic carbocycles. The van der Waals surface area contributed by atoms with Gasteiger partial charge in [-0.25, -0.2) is 13.8 Å². The number of aliphatic hydroxyl groups excluding tert-OH is 1. The third-order valence-corrected chi connectivity index (χ3v) is 6.87. The summed E-state index contributed by atoms with van der Waals surface area (Å²) in [5.41, 5.74) is 2.74. The largest absolute Gasteiger partial charge is 0.388 e. The van der Waals surface area contributed by atoms with Crippen LogP contribution in [0.2, 0.25) is 0 Å². The third-order valence-electron chi connectivity index (χ3n) is 6.87. The van der Waals surface area contributed by atoms with E-state index in [-0.39, 0.29) is 23.2 Å². The van der Waals surface area contributed by atoms with Crippen LogP contribution >= 0.6 is 0 Å². The average molecular weight is 531 g/mol. The molecule has 200 valence electrons. The monoisotopic (exact) mass is 530 g/mol. The standard InChI is InChI=1S/C29H28F2N6O2/c1-18-16-22(6-7-24(18)30)34-26-9-13-33-29(36-26)35-21-4-2-20(3-5-21)28(39)37-14-10-19(11-15-37)27(38)23-8-12-32-17-25(23)31/h2-9,12-13,16-17,19,27,38H,10-11,14-15H2,1H3,(H2,33,34,35,36). The Hall–Kier alpha value is -4.44. The zero-order valence-corrected chi connectivity index (χ0v) is 21.3. The molecular weight excluding hydrogens is 502 g/mol. The number of piperidine rings is 1. The van der Waals surface area contributed by atoms with Crippen LogP contribution in [0.15, 0.2) is 73.2 Å². The van der Waals surface area contributed by atoms with Gasteiger partial charge in [0, 0.05) is 48.0 Å². The van der Waals surface area contributed by atoms with Gasteiger partial charge in [0.2, 0.25) is 5.95 Å². The molecule has 1 aliphatic heterocycles. The maximum absolute atomic E-state index is 14.0. The Kier molecular flexibility index (Phi) is 7.74. The van der Waals surface area contributed by atoms with Gasteiger partial charge in [0.15, 0.2) is 0 Å². The first kappa shape index (κ1) is 26.2. The number of aryl methyl sites for hydroxylation is 1. The van der Waals surface area contributed by atoms with Gasteiger partial charge in [0.05, 0.1) is 12.3 Å². The molecule has 1 saturated heterocycles. The van der Waals surface area contributed by atoms with E-state index in [2.05, 4.69) is 25.6 Å². The van der Waals surface area contributed by atoms with Gasteiger partial charge >= 0.3 is 0 Å². The van der Waals surface area contributed by atoms with Crippen LogP contribution in [0.25, 0.3) is 0 Å². The van der Waals surface area contributed by atoms with E-state index in [1.807, 2.05) is 0 Å². The molecule has 0 aliphatic carbocycles. The Morgan fingerprint density at radius 3 is 2.44 bits per heavy atom. The van der Waals surface area contributed by atoms with Crippen molar-refractivity contribution in [1.82, 2.24) is 19.9 Å². The molecule has 4 aromatic rings. The summed E-state index contributed by atoms with van der Waals surface area (Å²) in [6.07, 6.45) is 4.40. The zero-order chi connectivity index (χ0) is 27.4. The van der Waals surface area contributed by atoms with E-state index in [4.69, 9.17) is 0 Å². The van der Waals surface area contributed by atoms with E-state index < -0.39 is 11.9 Å². The summed E-state index contributed by atoms with van der Waals surface area (Å²) in [7, 11) is 0. The second-order valence-corrected chi connectivity index (χ2v) is 9.53. The predicted octanol–water partition coefficient (Wildman–Crippen LogP) is 5.53. The van der Waals surface area contributed by atoms with E-state index in [0.717, 1.165) is 6.20 Å². The predicted molar refractivity (Wildman–Crippen MR) is 144 cm³/mol. The van der Waals surface area contributed by atoms with E-state index in [1.54, 1.807) is 60.5 Å². The summed E-state index contributed by atoms with van der Waals surface area (Å²) in [6, 6.07) is 15.0.